The summed E-state index contributed by atoms with van der Waals surface area (Å²) in [4.78, 5) is 23.6. The number of piperidine rings is 1. The van der Waals surface area contributed by atoms with E-state index in [4.69, 9.17) is 4.74 Å². The molecular weight excluding hydrogens is 353 g/mol. The number of benzene rings is 1. The van der Waals surface area contributed by atoms with Crippen LogP contribution in [0.1, 0.15) is 32.3 Å². The standard InChI is InChI=1S/C17H21F3N2O4/c1-16(2,15(23)26-3)11-5-4-8-21(10-11)14-7-6-12(22(24)25)9-13(14)17(18,19)20/h6-7,9,11H,4-5,8,10H2,1-3H3. The number of carbonyl (C=O) groups excluding carboxylic acids is 1. The lowest BCUT2D eigenvalue weighted by Crippen LogP contribution is -2.45. The normalized spacial score (nSPS) is 18.5. The number of hydrogen-bond donors (Lipinski definition) is 0. The Hall–Kier alpha value is -2.32. The summed E-state index contributed by atoms with van der Waals surface area (Å²) in [5, 5.41) is 10.8. The molecule has 144 valence electrons. The number of non-ortho nitro benzene ring substituents is 1. The predicted molar refractivity (Wildman–Crippen MR) is 88.8 cm³/mol. The lowest BCUT2D eigenvalue weighted by molar-refractivity contribution is -0.385. The van der Waals surface area contributed by atoms with Gasteiger partial charge in [-0.2, -0.15) is 13.2 Å². The van der Waals surface area contributed by atoms with Crippen LogP contribution >= 0.6 is 0 Å². The number of hydrogen-bond acceptors (Lipinski definition) is 5. The number of nitro benzene ring substituents is 1. The minimum atomic E-state index is -4.72. The third kappa shape index (κ3) is 3.91. The van der Waals surface area contributed by atoms with Crippen LogP contribution in [0.2, 0.25) is 0 Å². The van der Waals surface area contributed by atoms with Gasteiger partial charge in [-0.1, -0.05) is 0 Å². The van der Waals surface area contributed by atoms with Crippen LogP contribution in [0.4, 0.5) is 24.5 Å². The van der Waals surface area contributed by atoms with Crippen LogP contribution in [-0.4, -0.2) is 31.1 Å². The first-order valence-electron chi connectivity index (χ1n) is 8.17. The average Bonchev–Trinajstić information content (AvgIpc) is 2.59. The van der Waals surface area contributed by atoms with E-state index >= 15 is 0 Å². The van der Waals surface area contributed by atoms with E-state index in [2.05, 4.69) is 0 Å². The molecule has 0 amide bonds. The number of carbonyl (C=O) groups is 1. The highest BCUT2D eigenvalue weighted by Gasteiger charge is 2.42. The topological polar surface area (TPSA) is 72.7 Å². The van der Waals surface area contributed by atoms with Gasteiger partial charge in [0.25, 0.3) is 5.69 Å². The summed E-state index contributed by atoms with van der Waals surface area (Å²) in [7, 11) is 1.28. The van der Waals surface area contributed by atoms with Crippen molar-refractivity contribution < 1.29 is 27.6 Å². The van der Waals surface area contributed by atoms with Crippen molar-refractivity contribution in [3.8, 4) is 0 Å². The molecule has 0 saturated carbocycles. The Balaban J connectivity index is 2.39. The van der Waals surface area contributed by atoms with E-state index in [1.807, 2.05) is 0 Å². The molecule has 2 rings (SSSR count). The zero-order valence-corrected chi connectivity index (χ0v) is 14.8. The first-order chi connectivity index (χ1) is 12.0. The van der Waals surface area contributed by atoms with Crippen LogP contribution in [0.5, 0.6) is 0 Å². The Labute approximate surface area is 149 Å². The molecule has 0 spiro atoms. The van der Waals surface area contributed by atoms with Crippen molar-refractivity contribution in [2.75, 3.05) is 25.1 Å². The number of rotatable bonds is 4. The maximum atomic E-state index is 13.4. The lowest BCUT2D eigenvalue weighted by Gasteiger charge is -2.41. The third-order valence-corrected chi connectivity index (χ3v) is 4.99. The summed E-state index contributed by atoms with van der Waals surface area (Å²) in [6.45, 7) is 4.05. The second kappa shape index (κ2) is 7.13. The fraction of sp³-hybridized carbons (Fsp3) is 0.588. The van der Waals surface area contributed by atoms with E-state index < -0.39 is 33.7 Å². The molecule has 1 unspecified atom stereocenters. The van der Waals surface area contributed by atoms with Gasteiger partial charge in [0.15, 0.2) is 0 Å². The molecule has 0 N–H and O–H groups in total. The van der Waals surface area contributed by atoms with Crippen LogP contribution in [-0.2, 0) is 15.7 Å². The van der Waals surface area contributed by atoms with Crippen molar-refractivity contribution in [2.45, 2.75) is 32.9 Å². The summed E-state index contributed by atoms with van der Waals surface area (Å²) in [5.74, 6) is -0.607. The monoisotopic (exact) mass is 374 g/mol. The largest absolute Gasteiger partial charge is 0.469 e. The van der Waals surface area contributed by atoms with Crippen LogP contribution in [0, 0.1) is 21.4 Å². The van der Waals surface area contributed by atoms with Crippen molar-refractivity contribution in [3.63, 3.8) is 0 Å². The van der Waals surface area contributed by atoms with Gasteiger partial charge in [0.1, 0.15) is 0 Å². The predicted octanol–water partition coefficient (Wildman–Crippen LogP) is 4.03. The van der Waals surface area contributed by atoms with Gasteiger partial charge in [-0.15, -0.1) is 0 Å². The molecule has 6 nitrogen and oxygen atoms in total. The number of ether oxygens (including phenoxy) is 1. The quantitative estimate of drug-likeness (QED) is 0.452. The second-order valence-corrected chi connectivity index (χ2v) is 6.95. The van der Waals surface area contributed by atoms with E-state index in [9.17, 15) is 28.1 Å². The number of methoxy groups -OCH3 is 1. The number of esters is 1. The number of halogens is 3. The van der Waals surface area contributed by atoms with E-state index in [0.29, 0.717) is 25.5 Å². The molecule has 1 atom stereocenters. The molecule has 1 aliphatic rings. The van der Waals surface area contributed by atoms with Crippen molar-refractivity contribution >= 4 is 17.3 Å². The fourth-order valence-electron chi connectivity index (χ4n) is 3.36. The SMILES string of the molecule is COC(=O)C(C)(C)C1CCCN(c2ccc([N+](=O)[O-])cc2C(F)(F)F)C1. The second-order valence-electron chi connectivity index (χ2n) is 6.95. The summed E-state index contributed by atoms with van der Waals surface area (Å²) in [6, 6.07) is 2.76. The van der Waals surface area contributed by atoms with Gasteiger partial charge in [0.2, 0.25) is 0 Å². The minimum Gasteiger partial charge on any atom is -0.469 e. The maximum absolute atomic E-state index is 13.4. The Bertz CT molecular complexity index is 704. The summed E-state index contributed by atoms with van der Waals surface area (Å²) in [6.07, 6.45) is -3.42. The Kier molecular flexibility index (Phi) is 5.48. The smallest absolute Gasteiger partial charge is 0.418 e. The molecule has 1 aromatic rings. The number of nitro groups is 1. The molecule has 0 bridgehead atoms. The van der Waals surface area contributed by atoms with Gasteiger partial charge in [-0.3, -0.25) is 14.9 Å². The molecule has 26 heavy (non-hydrogen) atoms. The number of anilines is 1. The van der Waals surface area contributed by atoms with Crippen LogP contribution in [0.3, 0.4) is 0 Å². The molecule has 0 radical (unpaired) electrons. The van der Waals surface area contributed by atoms with Crippen molar-refractivity contribution in [2.24, 2.45) is 11.3 Å². The number of nitrogens with zero attached hydrogens (tertiary/aromatic N) is 2. The Morgan fingerprint density at radius 2 is 2.00 bits per heavy atom. The molecule has 0 aromatic heterocycles. The van der Waals surface area contributed by atoms with Crippen LogP contribution < -0.4 is 4.90 Å². The van der Waals surface area contributed by atoms with E-state index in [1.165, 1.54) is 7.11 Å². The first kappa shape index (κ1) is 20.0. The molecule has 0 aliphatic carbocycles. The summed E-state index contributed by atoms with van der Waals surface area (Å²) >= 11 is 0. The summed E-state index contributed by atoms with van der Waals surface area (Å²) < 4.78 is 45.1. The first-order valence-corrected chi connectivity index (χ1v) is 8.17. The highest BCUT2D eigenvalue weighted by molar-refractivity contribution is 5.76. The molecule has 1 fully saturated rings. The van der Waals surface area contributed by atoms with Gasteiger partial charge < -0.3 is 9.64 Å². The fourth-order valence-corrected chi connectivity index (χ4v) is 3.36. The zero-order valence-electron chi connectivity index (χ0n) is 14.8. The van der Waals surface area contributed by atoms with Crippen LogP contribution in [0.15, 0.2) is 18.2 Å². The summed E-state index contributed by atoms with van der Waals surface area (Å²) in [5.41, 5.74) is -2.59. The average molecular weight is 374 g/mol. The van der Waals surface area contributed by atoms with Crippen molar-refractivity contribution in [1.82, 2.24) is 0 Å². The molecule has 1 heterocycles. The Morgan fingerprint density at radius 1 is 1.35 bits per heavy atom. The van der Waals surface area contributed by atoms with Gasteiger partial charge in [0.05, 0.1) is 23.0 Å². The minimum absolute atomic E-state index is 0.103. The van der Waals surface area contributed by atoms with Gasteiger partial charge in [-0.05, 0) is 38.7 Å². The van der Waals surface area contributed by atoms with Gasteiger partial charge >= 0.3 is 12.1 Å². The molecule has 9 heteroatoms. The molecule has 1 aliphatic heterocycles. The lowest BCUT2D eigenvalue weighted by atomic mass is 9.74. The number of alkyl halides is 3. The molecule has 1 saturated heterocycles. The van der Waals surface area contributed by atoms with Gasteiger partial charge in [0, 0.05) is 30.9 Å². The molecular formula is C17H21F3N2O4. The third-order valence-electron chi connectivity index (χ3n) is 4.99. The Morgan fingerprint density at radius 3 is 2.54 bits per heavy atom. The highest BCUT2D eigenvalue weighted by Crippen LogP contribution is 2.42. The highest BCUT2D eigenvalue weighted by atomic mass is 19.4. The van der Waals surface area contributed by atoms with Crippen molar-refractivity contribution in [3.05, 3.63) is 33.9 Å². The van der Waals surface area contributed by atoms with E-state index in [-0.39, 0.29) is 18.2 Å². The maximum Gasteiger partial charge on any atom is 0.418 e. The molecule has 1 aromatic carbocycles. The van der Waals surface area contributed by atoms with Gasteiger partial charge in [-0.25, -0.2) is 0 Å². The zero-order chi connectivity index (χ0) is 19.7. The van der Waals surface area contributed by atoms with Crippen molar-refractivity contribution in [1.29, 1.82) is 0 Å². The van der Waals surface area contributed by atoms with Crippen LogP contribution in [0.25, 0.3) is 0 Å². The van der Waals surface area contributed by atoms with E-state index in [1.54, 1.807) is 18.7 Å². The van der Waals surface area contributed by atoms with E-state index in [0.717, 1.165) is 12.1 Å².